The van der Waals surface area contributed by atoms with Crippen molar-refractivity contribution >= 4 is 29.3 Å². The predicted octanol–water partition coefficient (Wildman–Crippen LogP) is 3.37. The summed E-state index contributed by atoms with van der Waals surface area (Å²) in [7, 11) is 0. The average Bonchev–Trinajstić information content (AvgIpc) is 2.60. The van der Waals surface area contributed by atoms with Crippen LogP contribution in [0.3, 0.4) is 0 Å². The van der Waals surface area contributed by atoms with E-state index in [2.05, 4.69) is 10.6 Å². The van der Waals surface area contributed by atoms with Gasteiger partial charge in [0.25, 0.3) is 0 Å². The monoisotopic (exact) mass is 396 g/mol. The Hall–Kier alpha value is -1.79. The number of hydrogen-bond donors (Lipinski definition) is 4. The fourth-order valence-electron chi connectivity index (χ4n) is 2.65. The summed E-state index contributed by atoms with van der Waals surface area (Å²) < 4.78 is 0. The van der Waals surface area contributed by atoms with Gasteiger partial charge in [0, 0.05) is 16.6 Å². The molecular formula is C19H22Cl2N2O3. The summed E-state index contributed by atoms with van der Waals surface area (Å²) in [6, 6.07) is 14.2. The summed E-state index contributed by atoms with van der Waals surface area (Å²) in [6.07, 6.45) is -0.915. The lowest BCUT2D eigenvalue weighted by atomic mass is 10.0. The maximum atomic E-state index is 11.0. The Kier molecular flexibility index (Phi) is 8.19. The Morgan fingerprint density at radius 3 is 2.50 bits per heavy atom. The summed E-state index contributed by atoms with van der Waals surface area (Å²) in [5.74, 6) is 0. The van der Waals surface area contributed by atoms with Crippen LogP contribution in [0.4, 0.5) is 4.79 Å². The van der Waals surface area contributed by atoms with Gasteiger partial charge in [-0.05, 0) is 42.6 Å². The lowest BCUT2D eigenvalue weighted by molar-refractivity contribution is 0.118. The van der Waals surface area contributed by atoms with Crippen molar-refractivity contribution in [1.29, 1.82) is 0 Å². The van der Waals surface area contributed by atoms with Gasteiger partial charge in [-0.25, -0.2) is 4.79 Å². The van der Waals surface area contributed by atoms with E-state index in [4.69, 9.17) is 28.3 Å². The average molecular weight is 397 g/mol. The number of rotatable bonds is 9. The summed E-state index contributed by atoms with van der Waals surface area (Å²) >= 11 is 12.0. The quantitative estimate of drug-likeness (QED) is 0.489. The van der Waals surface area contributed by atoms with Crippen LogP contribution in [0.15, 0.2) is 48.5 Å². The van der Waals surface area contributed by atoms with E-state index < -0.39 is 18.2 Å². The van der Waals surface area contributed by atoms with Gasteiger partial charge in [-0.1, -0.05) is 59.6 Å². The van der Waals surface area contributed by atoms with Gasteiger partial charge in [0.1, 0.15) is 0 Å². The molecule has 2 atom stereocenters. The van der Waals surface area contributed by atoms with Crippen LogP contribution in [0.5, 0.6) is 0 Å². The SMILES string of the molecule is O=C(O)N[C@@H](Cc1ccccc1)[C@H](O)CNCCc1ccc(Cl)cc1Cl. The van der Waals surface area contributed by atoms with E-state index in [9.17, 15) is 9.90 Å². The van der Waals surface area contributed by atoms with Crippen LogP contribution in [0.1, 0.15) is 11.1 Å². The second-order valence-electron chi connectivity index (χ2n) is 6.00. The number of carboxylic acid groups (broad SMARTS) is 1. The lowest BCUT2D eigenvalue weighted by Crippen LogP contribution is -2.48. The molecule has 1 amide bonds. The molecule has 0 aromatic heterocycles. The molecule has 0 heterocycles. The van der Waals surface area contributed by atoms with Crippen molar-refractivity contribution in [2.75, 3.05) is 13.1 Å². The van der Waals surface area contributed by atoms with Crippen molar-refractivity contribution in [1.82, 2.24) is 10.6 Å². The summed E-state index contributed by atoms with van der Waals surface area (Å²) in [5, 5.41) is 26.1. The second-order valence-corrected chi connectivity index (χ2v) is 6.85. The summed E-state index contributed by atoms with van der Waals surface area (Å²) in [6.45, 7) is 0.868. The van der Waals surface area contributed by atoms with Crippen molar-refractivity contribution in [3.05, 3.63) is 69.7 Å². The first-order valence-corrected chi connectivity index (χ1v) is 9.07. The van der Waals surface area contributed by atoms with E-state index in [1.54, 1.807) is 12.1 Å². The highest BCUT2D eigenvalue weighted by molar-refractivity contribution is 6.35. The number of amides is 1. The van der Waals surface area contributed by atoms with Gasteiger partial charge in [0.2, 0.25) is 0 Å². The molecule has 26 heavy (non-hydrogen) atoms. The van der Waals surface area contributed by atoms with Crippen LogP contribution in [0.2, 0.25) is 10.0 Å². The molecule has 0 radical (unpaired) electrons. The number of aliphatic hydroxyl groups is 1. The van der Waals surface area contributed by atoms with E-state index in [1.165, 1.54) is 0 Å². The number of nitrogens with one attached hydrogen (secondary N) is 2. The van der Waals surface area contributed by atoms with Crippen LogP contribution in [0.25, 0.3) is 0 Å². The molecule has 0 bridgehead atoms. The zero-order valence-electron chi connectivity index (χ0n) is 14.2. The number of halogens is 2. The van der Waals surface area contributed by atoms with E-state index in [0.717, 1.165) is 11.1 Å². The fraction of sp³-hybridized carbons (Fsp3) is 0.316. The van der Waals surface area contributed by atoms with Gasteiger partial charge in [0.05, 0.1) is 12.1 Å². The van der Waals surface area contributed by atoms with Gasteiger partial charge in [-0.15, -0.1) is 0 Å². The molecule has 7 heteroatoms. The minimum Gasteiger partial charge on any atom is -0.465 e. The highest BCUT2D eigenvalue weighted by Gasteiger charge is 2.21. The standard InChI is InChI=1S/C19H22Cl2N2O3/c20-15-7-6-14(16(21)11-15)8-9-22-12-18(24)17(23-19(25)26)10-13-4-2-1-3-5-13/h1-7,11,17-18,22-24H,8-10,12H2,(H,25,26)/t17-,18+/m0/s1. The second kappa shape index (κ2) is 10.4. The van der Waals surface area contributed by atoms with Crippen LogP contribution >= 0.6 is 23.2 Å². The highest BCUT2D eigenvalue weighted by Crippen LogP contribution is 2.21. The fourth-order valence-corrected chi connectivity index (χ4v) is 3.15. The molecule has 0 saturated heterocycles. The highest BCUT2D eigenvalue weighted by atomic mass is 35.5. The van der Waals surface area contributed by atoms with Gasteiger partial charge in [-0.3, -0.25) is 0 Å². The molecule has 2 rings (SSSR count). The first kappa shape index (κ1) is 20.5. The Balaban J connectivity index is 1.84. The molecule has 2 aromatic carbocycles. The van der Waals surface area contributed by atoms with Crippen LogP contribution < -0.4 is 10.6 Å². The molecule has 0 spiro atoms. The third-order valence-electron chi connectivity index (χ3n) is 4.01. The summed E-state index contributed by atoms with van der Waals surface area (Å²) in [5.41, 5.74) is 1.92. The van der Waals surface area contributed by atoms with Crippen LogP contribution in [-0.2, 0) is 12.8 Å². The zero-order valence-corrected chi connectivity index (χ0v) is 15.7. The Morgan fingerprint density at radius 1 is 1.12 bits per heavy atom. The maximum absolute atomic E-state index is 11.0. The molecule has 0 aliphatic carbocycles. The minimum atomic E-state index is -1.15. The molecule has 140 valence electrons. The molecule has 0 aliphatic heterocycles. The van der Waals surface area contributed by atoms with E-state index in [0.29, 0.717) is 29.4 Å². The molecule has 2 aromatic rings. The third-order valence-corrected chi connectivity index (χ3v) is 4.60. The van der Waals surface area contributed by atoms with E-state index >= 15 is 0 Å². The lowest BCUT2D eigenvalue weighted by Gasteiger charge is -2.23. The molecule has 5 nitrogen and oxygen atoms in total. The predicted molar refractivity (Wildman–Crippen MR) is 104 cm³/mol. The Morgan fingerprint density at radius 2 is 1.85 bits per heavy atom. The number of aliphatic hydroxyl groups excluding tert-OH is 1. The van der Waals surface area contributed by atoms with Crippen molar-refractivity contribution in [2.45, 2.75) is 25.0 Å². The van der Waals surface area contributed by atoms with Gasteiger partial charge < -0.3 is 20.8 Å². The van der Waals surface area contributed by atoms with E-state index in [-0.39, 0.29) is 6.54 Å². The number of carbonyl (C=O) groups is 1. The van der Waals surface area contributed by atoms with Crippen LogP contribution in [-0.4, -0.2) is 41.5 Å². The van der Waals surface area contributed by atoms with Gasteiger partial charge in [-0.2, -0.15) is 0 Å². The van der Waals surface area contributed by atoms with Crippen molar-refractivity contribution in [3.8, 4) is 0 Å². The van der Waals surface area contributed by atoms with Gasteiger partial charge in [0.15, 0.2) is 0 Å². The molecule has 0 fully saturated rings. The smallest absolute Gasteiger partial charge is 0.404 e. The van der Waals surface area contributed by atoms with Gasteiger partial charge >= 0.3 is 6.09 Å². The van der Waals surface area contributed by atoms with E-state index in [1.807, 2.05) is 36.4 Å². The maximum Gasteiger partial charge on any atom is 0.404 e. The number of benzene rings is 2. The minimum absolute atomic E-state index is 0.267. The normalized spacial score (nSPS) is 13.2. The number of hydrogen-bond acceptors (Lipinski definition) is 3. The van der Waals surface area contributed by atoms with Crippen LogP contribution in [0, 0.1) is 0 Å². The molecule has 0 saturated carbocycles. The van der Waals surface area contributed by atoms with Crippen molar-refractivity contribution in [3.63, 3.8) is 0 Å². The zero-order chi connectivity index (χ0) is 18.9. The summed E-state index contributed by atoms with van der Waals surface area (Å²) in [4.78, 5) is 11.0. The molecule has 4 N–H and O–H groups in total. The van der Waals surface area contributed by atoms with Crippen molar-refractivity contribution < 1.29 is 15.0 Å². The first-order valence-electron chi connectivity index (χ1n) is 8.32. The topological polar surface area (TPSA) is 81.6 Å². The Labute approximate surface area is 162 Å². The largest absolute Gasteiger partial charge is 0.465 e. The molecule has 0 aliphatic rings. The third kappa shape index (κ3) is 6.84. The Bertz CT molecular complexity index is 713. The first-order chi connectivity index (χ1) is 12.5. The van der Waals surface area contributed by atoms with Crippen molar-refractivity contribution in [2.24, 2.45) is 0 Å². The molecule has 0 unspecified atom stereocenters. The molecular weight excluding hydrogens is 375 g/mol.